The van der Waals surface area contributed by atoms with Crippen molar-refractivity contribution in [1.82, 2.24) is 0 Å². The zero-order valence-corrected chi connectivity index (χ0v) is 30.8. The maximum atomic E-state index is 2.45. The van der Waals surface area contributed by atoms with Crippen LogP contribution in [0.25, 0.3) is 61.9 Å². The molecule has 0 unspecified atom stereocenters. The number of anilines is 6. The van der Waals surface area contributed by atoms with Gasteiger partial charge in [0.2, 0.25) is 0 Å². The summed E-state index contributed by atoms with van der Waals surface area (Å²) in [4.78, 5) is 4.86. The van der Waals surface area contributed by atoms with Crippen LogP contribution >= 0.6 is 22.7 Å². The molecule has 4 heteroatoms. The molecule has 0 spiro atoms. The molecule has 2 heterocycles. The minimum Gasteiger partial charge on any atom is -0.310 e. The van der Waals surface area contributed by atoms with Crippen LogP contribution < -0.4 is 9.80 Å². The fraction of sp³-hybridized carbons (Fsp3) is 0. The predicted molar refractivity (Wildman–Crippen MR) is 237 cm³/mol. The molecule has 9 aromatic carbocycles. The van der Waals surface area contributed by atoms with Crippen molar-refractivity contribution in [2.24, 2.45) is 0 Å². The zero-order chi connectivity index (χ0) is 35.6. The number of rotatable bonds is 6. The van der Waals surface area contributed by atoms with Crippen LogP contribution in [0.3, 0.4) is 0 Å². The maximum Gasteiger partial charge on any atom is 0.0554 e. The number of fused-ring (bicyclic) bond motifs is 10. The molecule has 54 heavy (non-hydrogen) atoms. The molecule has 0 fully saturated rings. The molecule has 0 radical (unpaired) electrons. The summed E-state index contributed by atoms with van der Waals surface area (Å²) in [5, 5.41) is 10.2. The number of hydrogen-bond donors (Lipinski definition) is 0. The zero-order valence-electron chi connectivity index (χ0n) is 29.2. The van der Waals surface area contributed by atoms with Crippen molar-refractivity contribution in [3.8, 4) is 0 Å². The number of nitrogens with zero attached hydrogens (tertiary/aromatic N) is 2. The molecule has 0 bridgehead atoms. The van der Waals surface area contributed by atoms with E-state index >= 15 is 0 Å². The van der Waals surface area contributed by atoms with Crippen molar-refractivity contribution >= 4 is 119 Å². The van der Waals surface area contributed by atoms with E-state index in [0.717, 1.165) is 22.7 Å². The summed E-state index contributed by atoms with van der Waals surface area (Å²) in [6, 6.07) is 70.8. The second-order valence-corrected chi connectivity index (χ2v) is 15.8. The topological polar surface area (TPSA) is 6.48 Å². The molecule has 0 saturated heterocycles. The summed E-state index contributed by atoms with van der Waals surface area (Å²) in [6.07, 6.45) is 0. The Morgan fingerprint density at radius 2 is 0.759 bits per heavy atom. The molecule has 2 nitrogen and oxygen atoms in total. The van der Waals surface area contributed by atoms with E-state index in [-0.39, 0.29) is 0 Å². The van der Waals surface area contributed by atoms with Crippen LogP contribution in [-0.4, -0.2) is 0 Å². The molecule has 2 aromatic heterocycles. The monoisotopic (exact) mass is 724 g/mol. The van der Waals surface area contributed by atoms with Gasteiger partial charge in [-0.3, -0.25) is 0 Å². The molecule has 11 aromatic rings. The van der Waals surface area contributed by atoms with Gasteiger partial charge in [0.05, 0.1) is 11.4 Å². The van der Waals surface area contributed by atoms with Crippen molar-refractivity contribution in [2.45, 2.75) is 0 Å². The second-order valence-electron chi connectivity index (χ2n) is 13.7. The lowest BCUT2D eigenvalue weighted by atomic mass is 9.98. The smallest absolute Gasteiger partial charge is 0.0554 e. The molecular weight excluding hydrogens is 693 g/mol. The first kappa shape index (κ1) is 31.1. The van der Waals surface area contributed by atoms with Gasteiger partial charge in [-0.1, -0.05) is 121 Å². The van der Waals surface area contributed by atoms with Gasteiger partial charge in [-0.25, -0.2) is 0 Å². The third-order valence-electron chi connectivity index (χ3n) is 10.6. The van der Waals surface area contributed by atoms with Gasteiger partial charge >= 0.3 is 0 Å². The Balaban J connectivity index is 1.21. The first-order valence-electron chi connectivity index (χ1n) is 18.3. The van der Waals surface area contributed by atoms with E-state index in [0.29, 0.717) is 0 Å². The highest BCUT2D eigenvalue weighted by Gasteiger charge is 2.23. The molecule has 11 rings (SSSR count). The number of para-hydroxylation sites is 3. The average Bonchev–Trinajstić information content (AvgIpc) is 3.81. The first-order valence-corrected chi connectivity index (χ1v) is 19.9. The quantitative estimate of drug-likeness (QED) is 0.168. The van der Waals surface area contributed by atoms with Gasteiger partial charge in [0, 0.05) is 79.3 Å². The minimum absolute atomic E-state index is 1.13. The van der Waals surface area contributed by atoms with Crippen LogP contribution in [0.4, 0.5) is 34.1 Å². The lowest BCUT2D eigenvalue weighted by Gasteiger charge is -2.27. The van der Waals surface area contributed by atoms with Crippen molar-refractivity contribution in [3.63, 3.8) is 0 Å². The summed E-state index contributed by atoms with van der Waals surface area (Å²) in [5.74, 6) is 0. The minimum atomic E-state index is 1.13. The van der Waals surface area contributed by atoms with E-state index in [4.69, 9.17) is 0 Å². The number of hydrogen-bond acceptors (Lipinski definition) is 4. The van der Waals surface area contributed by atoms with Crippen molar-refractivity contribution < 1.29 is 0 Å². The van der Waals surface area contributed by atoms with E-state index in [9.17, 15) is 0 Å². The van der Waals surface area contributed by atoms with Crippen LogP contribution in [0.5, 0.6) is 0 Å². The Morgan fingerprint density at radius 3 is 1.41 bits per heavy atom. The summed E-state index contributed by atoms with van der Waals surface area (Å²) in [6.45, 7) is 0. The van der Waals surface area contributed by atoms with Crippen LogP contribution in [0.1, 0.15) is 0 Å². The standard InChI is InChI=1S/C50H32N2S2/c1-4-16-33(17-5-1)51(34-18-6-2-7-19-34)44-31-43-49-40-25-12-10-22-37(40)45(32-48(49)54-50(43)41-26-13-11-23-38(41)44)52(35-20-8-3-9-21-35)36-28-29-47-42(30-36)39-24-14-15-27-46(39)53-47/h1-32H. The molecule has 0 amide bonds. The fourth-order valence-corrected chi connectivity index (χ4v) is 10.6. The van der Waals surface area contributed by atoms with E-state index in [1.807, 2.05) is 22.7 Å². The Bertz CT molecular complexity index is 3130. The summed E-state index contributed by atoms with van der Waals surface area (Å²) >= 11 is 3.76. The SMILES string of the molecule is c1ccc(N(c2ccccc2)c2cc3c(sc4cc(N(c5ccccc5)c5ccc6sc7ccccc7c6c5)c5ccccc5c43)c3ccccc23)cc1. The molecule has 0 atom stereocenters. The third kappa shape index (κ3) is 4.92. The van der Waals surface area contributed by atoms with Gasteiger partial charge in [0.15, 0.2) is 0 Å². The Morgan fingerprint density at radius 1 is 0.278 bits per heavy atom. The van der Waals surface area contributed by atoms with Gasteiger partial charge in [0.1, 0.15) is 0 Å². The second kappa shape index (κ2) is 12.6. The van der Waals surface area contributed by atoms with Crippen molar-refractivity contribution in [2.75, 3.05) is 9.80 Å². The highest BCUT2D eigenvalue weighted by molar-refractivity contribution is 7.27. The van der Waals surface area contributed by atoms with Crippen LogP contribution in [0.15, 0.2) is 194 Å². The molecule has 0 N–H and O–H groups in total. The van der Waals surface area contributed by atoms with Crippen LogP contribution in [0.2, 0.25) is 0 Å². The van der Waals surface area contributed by atoms with E-state index in [1.165, 1.54) is 73.3 Å². The molecular formula is C50H32N2S2. The Kier molecular flexibility index (Phi) is 7.25. The van der Waals surface area contributed by atoms with Crippen molar-refractivity contribution in [3.05, 3.63) is 194 Å². The molecule has 0 aliphatic rings. The summed E-state index contributed by atoms with van der Waals surface area (Å²) in [5.41, 5.74) is 6.90. The van der Waals surface area contributed by atoms with E-state index < -0.39 is 0 Å². The lowest BCUT2D eigenvalue weighted by Crippen LogP contribution is -2.10. The first-order chi connectivity index (χ1) is 26.8. The molecule has 0 saturated carbocycles. The number of benzene rings is 9. The van der Waals surface area contributed by atoms with Crippen molar-refractivity contribution in [1.29, 1.82) is 0 Å². The van der Waals surface area contributed by atoms with Crippen LogP contribution in [-0.2, 0) is 0 Å². The molecule has 0 aliphatic heterocycles. The highest BCUT2D eigenvalue weighted by Crippen LogP contribution is 2.51. The third-order valence-corrected chi connectivity index (χ3v) is 12.9. The van der Waals surface area contributed by atoms with Gasteiger partial charge in [-0.05, 0) is 78.2 Å². The average molecular weight is 725 g/mol. The highest BCUT2D eigenvalue weighted by atomic mass is 32.1. The van der Waals surface area contributed by atoms with Gasteiger partial charge in [0.25, 0.3) is 0 Å². The van der Waals surface area contributed by atoms with Gasteiger partial charge in [-0.2, -0.15) is 0 Å². The largest absolute Gasteiger partial charge is 0.310 e. The van der Waals surface area contributed by atoms with Gasteiger partial charge < -0.3 is 9.80 Å². The number of thiophene rings is 2. The predicted octanol–water partition coefficient (Wildman–Crippen LogP) is 15.7. The molecule has 0 aliphatic carbocycles. The Labute approximate surface area is 321 Å². The Hall–Kier alpha value is -6.46. The van der Waals surface area contributed by atoms with Gasteiger partial charge in [-0.15, -0.1) is 22.7 Å². The normalized spacial score (nSPS) is 11.7. The summed E-state index contributed by atoms with van der Waals surface area (Å²) < 4.78 is 5.21. The maximum absolute atomic E-state index is 2.45. The van der Waals surface area contributed by atoms with E-state index in [1.54, 1.807) is 0 Å². The lowest BCUT2D eigenvalue weighted by molar-refractivity contribution is 1.30. The van der Waals surface area contributed by atoms with E-state index in [2.05, 4.69) is 204 Å². The fourth-order valence-electron chi connectivity index (χ4n) is 8.23. The summed E-state index contributed by atoms with van der Waals surface area (Å²) in [7, 11) is 0. The molecule has 254 valence electrons. The van der Waals surface area contributed by atoms with Crippen LogP contribution in [0, 0.1) is 0 Å².